The molecular formula is C19H32N4O2. The predicted molar refractivity (Wildman–Crippen MR) is 104 cm³/mol. The molecule has 1 aliphatic heterocycles. The topological polar surface area (TPSA) is 58.1 Å². The molecule has 6 nitrogen and oxygen atoms in total. The summed E-state index contributed by atoms with van der Waals surface area (Å²) in [5.41, 5.74) is 0.936. The van der Waals surface area contributed by atoms with Crippen molar-refractivity contribution in [1.82, 2.24) is 10.2 Å². The number of aliphatic imine (C=N–C) groups is 1. The maximum atomic E-state index is 5.64. The molecule has 1 unspecified atom stereocenters. The fraction of sp³-hybridized carbons (Fsp3) is 0.632. The molecule has 1 aliphatic rings. The van der Waals surface area contributed by atoms with Crippen molar-refractivity contribution in [2.24, 2.45) is 10.9 Å². The van der Waals surface area contributed by atoms with Crippen LogP contribution in [0.15, 0.2) is 23.2 Å². The van der Waals surface area contributed by atoms with Crippen LogP contribution in [0.2, 0.25) is 0 Å². The van der Waals surface area contributed by atoms with Gasteiger partial charge in [0.15, 0.2) is 17.5 Å². The number of hydrogen-bond acceptors (Lipinski definition) is 4. The third-order valence-corrected chi connectivity index (χ3v) is 4.40. The number of guanidine groups is 1. The SMILES string of the molecule is CCNC(=NCC1CCN(CC)C1)Nc1ccc(OC)c(OCC)c1. The van der Waals surface area contributed by atoms with E-state index >= 15 is 0 Å². The number of likely N-dealkylation sites (tertiary alicyclic amines) is 1. The number of nitrogens with one attached hydrogen (secondary N) is 2. The molecular weight excluding hydrogens is 316 g/mol. The summed E-state index contributed by atoms with van der Waals surface area (Å²) in [5.74, 6) is 2.93. The predicted octanol–water partition coefficient (Wildman–Crippen LogP) is 2.81. The molecule has 140 valence electrons. The normalized spacial score (nSPS) is 18.2. The van der Waals surface area contributed by atoms with Crippen LogP contribution in [0.5, 0.6) is 11.5 Å². The molecule has 1 heterocycles. The Bertz CT molecular complexity index is 562. The van der Waals surface area contributed by atoms with E-state index in [4.69, 9.17) is 14.5 Å². The summed E-state index contributed by atoms with van der Waals surface area (Å²) in [6.45, 7) is 12.0. The van der Waals surface area contributed by atoms with Gasteiger partial charge in [-0.25, -0.2) is 0 Å². The van der Waals surface area contributed by atoms with Crippen LogP contribution in [0.1, 0.15) is 27.2 Å². The van der Waals surface area contributed by atoms with Gasteiger partial charge in [-0.2, -0.15) is 0 Å². The summed E-state index contributed by atoms with van der Waals surface area (Å²) in [6.07, 6.45) is 1.23. The van der Waals surface area contributed by atoms with Crippen LogP contribution in [0.3, 0.4) is 0 Å². The van der Waals surface area contributed by atoms with Crippen LogP contribution < -0.4 is 20.1 Å². The first-order valence-electron chi connectivity index (χ1n) is 9.28. The highest BCUT2D eigenvalue weighted by molar-refractivity contribution is 5.93. The summed E-state index contributed by atoms with van der Waals surface area (Å²) in [5, 5.41) is 6.68. The highest BCUT2D eigenvalue weighted by Crippen LogP contribution is 2.30. The first-order valence-corrected chi connectivity index (χ1v) is 9.28. The molecule has 1 saturated heterocycles. The average Bonchev–Trinajstić information content (AvgIpc) is 3.08. The van der Waals surface area contributed by atoms with E-state index in [9.17, 15) is 0 Å². The molecule has 0 saturated carbocycles. The second-order valence-electron chi connectivity index (χ2n) is 6.19. The Kier molecular flexibility index (Phi) is 7.85. The van der Waals surface area contributed by atoms with Crippen molar-refractivity contribution in [3.05, 3.63) is 18.2 Å². The van der Waals surface area contributed by atoms with Crippen LogP contribution >= 0.6 is 0 Å². The van der Waals surface area contributed by atoms with E-state index in [1.165, 1.54) is 13.0 Å². The van der Waals surface area contributed by atoms with E-state index in [-0.39, 0.29) is 0 Å². The van der Waals surface area contributed by atoms with Crippen LogP contribution in [-0.4, -0.2) is 57.3 Å². The van der Waals surface area contributed by atoms with Gasteiger partial charge >= 0.3 is 0 Å². The third-order valence-electron chi connectivity index (χ3n) is 4.40. The fourth-order valence-electron chi connectivity index (χ4n) is 3.04. The maximum Gasteiger partial charge on any atom is 0.195 e. The largest absolute Gasteiger partial charge is 0.493 e. The van der Waals surface area contributed by atoms with Crippen LogP contribution in [-0.2, 0) is 0 Å². The second-order valence-corrected chi connectivity index (χ2v) is 6.19. The van der Waals surface area contributed by atoms with Crippen LogP contribution in [0.4, 0.5) is 5.69 Å². The zero-order valence-corrected chi connectivity index (χ0v) is 16.0. The maximum absolute atomic E-state index is 5.64. The van der Waals surface area contributed by atoms with Gasteiger partial charge in [-0.05, 0) is 51.4 Å². The van der Waals surface area contributed by atoms with Gasteiger partial charge in [-0.3, -0.25) is 4.99 Å². The van der Waals surface area contributed by atoms with E-state index in [0.717, 1.165) is 49.3 Å². The molecule has 0 amide bonds. The van der Waals surface area contributed by atoms with Gasteiger partial charge in [0.2, 0.25) is 0 Å². The quantitative estimate of drug-likeness (QED) is 0.559. The molecule has 1 aromatic carbocycles. The third kappa shape index (κ3) is 5.81. The number of benzene rings is 1. The van der Waals surface area contributed by atoms with Crippen LogP contribution in [0, 0.1) is 5.92 Å². The molecule has 0 aliphatic carbocycles. The summed E-state index contributed by atoms with van der Waals surface area (Å²) in [6, 6.07) is 5.83. The Morgan fingerprint density at radius 3 is 2.76 bits per heavy atom. The Hall–Kier alpha value is -1.95. The zero-order chi connectivity index (χ0) is 18.1. The van der Waals surface area contributed by atoms with Gasteiger partial charge in [0, 0.05) is 31.4 Å². The molecule has 1 atom stereocenters. The van der Waals surface area contributed by atoms with Gasteiger partial charge in [-0.15, -0.1) is 0 Å². The lowest BCUT2D eigenvalue weighted by atomic mass is 10.1. The van der Waals surface area contributed by atoms with Crippen molar-refractivity contribution in [1.29, 1.82) is 0 Å². The Morgan fingerprint density at radius 2 is 2.12 bits per heavy atom. The van der Waals surface area contributed by atoms with E-state index in [2.05, 4.69) is 29.4 Å². The minimum absolute atomic E-state index is 0.601. The molecule has 0 bridgehead atoms. The van der Waals surface area contributed by atoms with Gasteiger partial charge in [-0.1, -0.05) is 6.92 Å². The number of nitrogens with zero attached hydrogens (tertiary/aromatic N) is 2. The monoisotopic (exact) mass is 348 g/mol. The van der Waals surface area contributed by atoms with Gasteiger partial charge in [0.1, 0.15) is 0 Å². The molecule has 0 spiro atoms. The molecule has 25 heavy (non-hydrogen) atoms. The summed E-state index contributed by atoms with van der Waals surface area (Å²) in [4.78, 5) is 7.26. The first kappa shape index (κ1) is 19.4. The molecule has 6 heteroatoms. The Morgan fingerprint density at radius 1 is 1.28 bits per heavy atom. The number of rotatable bonds is 8. The van der Waals surface area contributed by atoms with Crippen molar-refractivity contribution in [2.75, 3.05) is 51.8 Å². The van der Waals surface area contributed by atoms with Crippen molar-refractivity contribution in [3.63, 3.8) is 0 Å². The van der Waals surface area contributed by atoms with E-state index in [0.29, 0.717) is 12.5 Å². The number of ether oxygens (including phenoxy) is 2. The number of anilines is 1. The lowest BCUT2D eigenvalue weighted by Gasteiger charge is -2.15. The number of hydrogen-bond donors (Lipinski definition) is 2. The van der Waals surface area contributed by atoms with Crippen molar-refractivity contribution in [2.45, 2.75) is 27.2 Å². The summed E-state index contributed by atoms with van der Waals surface area (Å²) < 4.78 is 11.0. The van der Waals surface area contributed by atoms with Gasteiger partial charge < -0.3 is 25.0 Å². The van der Waals surface area contributed by atoms with Gasteiger partial charge in [0.05, 0.1) is 13.7 Å². The first-order chi connectivity index (χ1) is 12.2. The van der Waals surface area contributed by atoms with Crippen molar-refractivity contribution in [3.8, 4) is 11.5 Å². The molecule has 0 radical (unpaired) electrons. The standard InChI is InChI=1S/C19H32N4O2/c1-5-20-19(21-13-15-10-11-23(6-2)14-15)22-16-8-9-17(24-4)18(12-16)25-7-3/h8-9,12,15H,5-7,10-11,13-14H2,1-4H3,(H2,20,21,22). The number of methoxy groups -OCH3 is 1. The van der Waals surface area contributed by atoms with E-state index in [1.807, 2.05) is 25.1 Å². The van der Waals surface area contributed by atoms with E-state index in [1.54, 1.807) is 7.11 Å². The lowest BCUT2D eigenvalue weighted by molar-refractivity contribution is 0.311. The summed E-state index contributed by atoms with van der Waals surface area (Å²) >= 11 is 0. The molecule has 0 aromatic heterocycles. The Balaban J connectivity index is 2.02. The zero-order valence-electron chi connectivity index (χ0n) is 16.0. The van der Waals surface area contributed by atoms with Gasteiger partial charge in [0.25, 0.3) is 0 Å². The average molecular weight is 348 g/mol. The minimum Gasteiger partial charge on any atom is -0.493 e. The molecule has 2 rings (SSSR count). The molecule has 1 aromatic rings. The van der Waals surface area contributed by atoms with Crippen molar-refractivity contribution < 1.29 is 9.47 Å². The van der Waals surface area contributed by atoms with Crippen molar-refractivity contribution >= 4 is 11.6 Å². The highest BCUT2D eigenvalue weighted by Gasteiger charge is 2.20. The minimum atomic E-state index is 0.601. The lowest BCUT2D eigenvalue weighted by Crippen LogP contribution is -2.31. The fourth-order valence-corrected chi connectivity index (χ4v) is 3.04. The smallest absolute Gasteiger partial charge is 0.195 e. The molecule has 1 fully saturated rings. The molecule has 2 N–H and O–H groups in total. The highest BCUT2D eigenvalue weighted by atomic mass is 16.5. The van der Waals surface area contributed by atoms with Crippen LogP contribution in [0.25, 0.3) is 0 Å². The summed E-state index contributed by atoms with van der Waals surface area (Å²) in [7, 11) is 1.65. The Labute approximate surface area is 151 Å². The van der Waals surface area contributed by atoms with E-state index < -0.39 is 0 Å². The second kappa shape index (κ2) is 10.1.